The summed E-state index contributed by atoms with van der Waals surface area (Å²) in [6.07, 6.45) is 0.704. The molecule has 13 nitrogen and oxygen atoms in total. The first kappa shape index (κ1) is 40.6. The molecule has 0 spiro atoms. The minimum atomic E-state index is -2.31. The zero-order valence-electron chi connectivity index (χ0n) is 27.0. The van der Waals surface area contributed by atoms with Crippen LogP contribution in [0.15, 0.2) is 0 Å². The number of esters is 1. The van der Waals surface area contributed by atoms with Gasteiger partial charge in [-0.1, -0.05) is 20.3 Å². The molecule has 250 valence electrons. The van der Waals surface area contributed by atoms with Crippen molar-refractivity contribution in [3.05, 3.63) is 0 Å². The molecule has 0 aliphatic rings. The Balaban J connectivity index is 6.58. The highest BCUT2D eigenvalue weighted by molar-refractivity contribution is 5.76. The van der Waals surface area contributed by atoms with Crippen molar-refractivity contribution in [2.75, 3.05) is 59.5 Å². The predicted octanol–water partition coefficient (Wildman–Crippen LogP) is 4.59. The van der Waals surface area contributed by atoms with E-state index < -0.39 is 48.8 Å². The Morgan fingerprint density at radius 3 is 1.55 bits per heavy atom. The molecular weight excluding hydrogens is 556 g/mol. The second kappa shape index (κ2) is 23.0. The third-order valence-corrected chi connectivity index (χ3v) is 5.59. The van der Waals surface area contributed by atoms with Crippen molar-refractivity contribution in [1.29, 1.82) is 0 Å². The number of unbranched alkanes of at least 4 members (excludes halogenated alkanes) is 1. The van der Waals surface area contributed by atoms with Crippen LogP contribution in [0.2, 0.25) is 0 Å². The Hall–Kier alpha value is -1.42. The predicted molar refractivity (Wildman–Crippen MR) is 152 cm³/mol. The second-order valence-electron chi connectivity index (χ2n) is 8.88. The van der Waals surface area contributed by atoms with E-state index in [2.05, 4.69) is 0 Å². The molecular formula is C29H56O13. The van der Waals surface area contributed by atoms with E-state index in [9.17, 15) is 9.59 Å². The van der Waals surface area contributed by atoms with E-state index in [4.69, 9.17) is 52.5 Å². The molecule has 13 heteroatoms. The molecule has 0 fully saturated rings. The van der Waals surface area contributed by atoms with E-state index in [1.54, 1.807) is 20.8 Å². The first-order chi connectivity index (χ1) is 20.2. The van der Waals surface area contributed by atoms with Crippen LogP contribution in [0.25, 0.3) is 0 Å². The van der Waals surface area contributed by atoms with Crippen molar-refractivity contribution in [2.45, 2.75) is 118 Å². The number of rotatable bonds is 29. The van der Waals surface area contributed by atoms with Gasteiger partial charge in [0.25, 0.3) is 0 Å². The van der Waals surface area contributed by atoms with Crippen LogP contribution in [0.4, 0.5) is 0 Å². The van der Waals surface area contributed by atoms with Gasteiger partial charge in [0, 0.05) is 46.1 Å². The second-order valence-corrected chi connectivity index (χ2v) is 8.88. The van der Waals surface area contributed by atoms with Crippen LogP contribution in [0.3, 0.4) is 0 Å². The standard InChI is InChI=1S/C29H56O13/c1-9-17-22-40-29(39-16-8,42-26(32)19-18-25(30)31)28(37-14-6,38-15-7)41-23-20-24(33-21-10-2)27(34-11-3,35-12-4)36-13-5/h24H,9-23H2,1-8H3,(H,30,31). The SMILES string of the molecule is CCCCOC(OCC)(OC(=O)CCC(=O)O)C(OCC)(OCC)OCCC(OCCC)C(OCC)(OCC)OCC. The van der Waals surface area contributed by atoms with Gasteiger partial charge < -0.3 is 52.5 Å². The first-order valence-electron chi connectivity index (χ1n) is 15.3. The monoisotopic (exact) mass is 612 g/mol. The normalized spacial score (nSPS) is 14.5. The average Bonchev–Trinajstić information content (AvgIpc) is 2.94. The number of carboxylic acids is 1. The van der Waals surface area contributed by atoms with Gasteiger partial charge in [0.05, 0.1) is 32.7 Å². The van der Waals surface area contributed by atoms with Gasteiger partial charge in [-0.2, -0.15) is 0 Å². The van der Waals surface area contributed by atoms with E-state index in [-0.39, 0.29) is 39.5 Å². The minimum Gasteiger partial charge on any atom is -0.481 e. The molecule has 0 heterocycles. The van der Waals surface area contributed by atoms with Crippen LogP contribution in [0.5, 0.6) is 0 Å². The van der Waals surface area contributed by atoms with E-state index >= 15 is 0 Å². The first-order valence-corrected chi connectivity index (χ1v) is 15.3. The fraction of sp³-hybridized carbons (Fsp3) is 0.931. The van der Waals surface area contributed by atoms with Crippen LogP contribution >= 0.6 is 0 Å². The molecule has 0 rings (SSSR count). The Kier molecular flexibility index (Phi) is 22.2. The highest BCUT2D eigenvalue weighted by atomic mass is 17.0. The molecule has 0 saturated carbocycles. The van der Waals surface area contributed by atoms with Gasteiger partial charge in [-0.15, -0.1) is 0 Å². The van der Waals surface area contributed by atoms with Crippen molar-refractivity contribution in [2.24, 2.45) is 0 Å². The quantitative estimate of drug-likeness (QED) is 0.0714. The van der Waals surface area contributed by atoms with Crippen LogP contribution in [0.1, 0.15) is 93.9 Å². The number of hydrogen-bond acceptors (Lipinski definition) is 12. The molecule has 2 unspecified atom stereocenters. The summed E-state index contributed by atoms with van der Waals surface area (Å²) >= 11 is 0. The Bertz CT molecular complexity index is 682. The summed E-state index contributed by atoms with van der Waals surface area (Å²) in [5, 5.41) is 9.09. The lowest BCUT2D eigenvalue weighted by molar-refractivity contribution is -0.551. The van der Waals surface area contributed by atoms with Gasteiger partial charge in [0.2, 0.25) is 0 Å². The van der Waals surface area contributed by atoms with Crippen molar-refractivity contribution >= 4 is 11.9 Å². The third kappa shape index (κ3) is 13.1. The van der Waals surface area contributed by atoms with Gasteiger partial charge >= 0.3 is 29.9 Å². The summed E-state index contributed by atoms with van der Waals surface area (Å²) in [5.41, 5.74) is 0. The van der Waals surface area contributed by atoms with Crippen molar-refractivity contribution in [3.63, 3.8) is 0 Å². The summed E-state index contributed by atoms with van der Waals surface area (Å²) in [7, 11) is 0. The number of carbonyl (C=O) groups excluding carboxylic acids is 1. The molecule has 0 saturated heterocycles. The third-order valence-electron chi connectivity index (χ3n) is 5.59. The summed E-state index contributed by atoms with van der Waals surface area (Å²) in [6, 6.07) is 0. The van der Waals surface area contributed by atoms with Crippen LogP contribution in [-0.4, -0.2) is 101 Å². The molecule has 0 aromatic rings. The molecule has 0 radical (unpaired) electrons. The zero-order valence-corrected chi connectivity index (χ0v) is 27.0. The summed E-state index contributed by atoms with van der Waals surface area (Å²) in [5.74, 6) is -8.02. The molecule has 2 atom stereocenters. The van der Waals surface area contributed by atoms with E-state index in [1.807, 2.05) is 34.6 Å². The van der Waals surface area contributed by atoms with Gasteiger partial charge in [-0.3, -0.25) is 9.59 Å². The van der Waals surface area contributed by atoms with Crippen LogP contribution in [-0.2, 0) is 57.0 Å². The zero-order chi connectivity index (χ0) is 31.9. The van der Waals surface area contributed by atoms with E-state index in [1.165, 1.54) is 0 Å². The molecule has 0 aromatic carbocycles. The smallest absolute Gasteiger partial charge is 0.416 e. The van der Waals surface area contributed by atoms with Gasteiger partial charge in [-0.05, 0) is 54.4 Å². The summed E-state index contributed by atoms with van der Waals surface area (Å²) in [6.45, 7) is 16.1. The summed E-state index contributed by atoms with van der Waals surface area (Å²) in [4.78, 5) is 24.0. The number of carboxylic acid groups (broad SMARTS) is 1. The molecule has 0 aliphatic heterocycles. The molecule has 1 N–H and O–H groups in total. The maximum Gasteiger partial charge on any atom is 0.416 e. The fourth-order valence-electron chi connectivity index (χ4n) is 3.99. The van der Waals surface area contributed by atoms with Gasteiger partial charge in [-0.25, -0.2) is 0 Å². The van der Waals surface area contributed by atoms with Crippen LogP contribution in [0, 0.1) is 0 Å². The lowest BCUT2D eigenvalue weighted by atomic mass is 10.2. The Morgan fingerprint density at radius 1 is 0.595 bits per heavy atom. The number of ether oxygens (including phenoxy) is 10. The maximum atomic E-state index is 12.9. The van der Waals surface area contributed by atoms with Gasteiger partial charge in [0.15, 0.2) is 0 Å². The van der Waals surface area contributed by atoms with Crippen molar-refractivity contribution in [3.8, 4) is 0 Å². The molecule has 0 aliphatic carbocycles. The van der Waals surface area contributed by atoms with E-state index in [0.717, 1.165) is 12.8 Å². The Labute approximate surface area is 251 Å². The number of carbonyl (C=O) groups is 2. The van der Waals surface area contributed by atoms with E-state index in [0.29, 0.717) is 32.8 Å². The fourth-order valence-corrected chi connectivity index (χ4v) is 3.99. The molecule has 0 bridgehead atoms. The van der Waals surface area contributed by atoms with Gasteiger partial charge in [0.1, 0.15) is 6.10 Å². The highest BCUT2D eigenvalue weighted by Gasteiger charge is 2.63. The number of aliphatic carboxylic acids is 1. The lowest BCUT2D eigenvalue weighted by Crippen LogP contribution is -2.65. The molecule has 0 aromatic heterocycles. The van der Waals surface area contributed by atoms with Crippen molar-refractivity contribution < 1.29 is 62.1 Å². The molecule has 0 amide bonds. The topological polar surface area (TPSA) is 147 Å². The highest BCUT2D eigenvalue weighted by Crippen LogP contribution is 2.38. The summed E-state index contributed by atoms with van der Waals surface area (Å²) < 4.78 is 60.1. The van der Waals surface area contributed by atoms with Crippen molar-refractivity contribution in [1.82, 2.24) is 0 Å². The average molecular weight is 613 g/mol. The van der Waals surface area contributed by atoms with Crippen LogP contribution < -0.4 is 0 Å². The Morgan fingerprint density at radius 2 is 1.10 bits per heavy atom. The largest absolute Gasteiger partial charge is 0.481 e. The minimum absolute atomic E-state index is 0.0218. The maximum absolute atomic E-state index is 12.9. The molecule has 42 heavy (non-hydrogen) atoms. The number of hydrogen-bond donors (Lipinski definition) is 1. The lowest BCUT2D eigenvalue weighted by Gasteiger charge is -2.45.